The summed E-state index contributed by atoms with van der Waals surface area (Å²) >= 11 is 0. The Bertz CT molecular complexity index is 957. The number of hydrogen-bond donors (Lipinski definition) is 1. The van der Waals surface area contributed by atoms with Crippen molar-refractivity contribution in [3.63, 3.8) is 0 Å². The third kappa shape index (κ3) is 2.01. The molecule has 0 amide bonds. The molecule has 5 heteroatoms. The molecule has 0 bridgehead atoms. The fraction of sp³-hybridized carbons (Fsp3) is 0.188. The Hall–Kier alpha value is -2.87. The topological polar surface area (TPSA) is 74.5 Å². The van der Waals surface area contributed by atoms with Crippen LogP contribution in [0.3, 0.4) is 0 Å². The van der Waals surface area contributed by atoms with Crippen LogP contribution >= 0.6 is 0 Å². The summed E-state index contributed by atoms with van der Waals surface area (Å²) < 4.78 is 1.82. The number of rotatable bonds is 1. The highest BCUT2D eigenvalue weighted by molar-refractivity contribution is 5.87. The van der Waals surface area contributed by atoms with Gasteiger partial charge in [-0.1, -0.05) is 12.1 Å². The van der Waals surface area contributed by atoms with E-state index in [4.69, 9.17) is 0 Å². The van der Waals surface area contributed by atoms with Gasteiger partial charge in [0.15, 0.2) is 0 Å². The molecular weight excluding hydrogens is 264 g/mol. The number of nitrogens with zero attached hydrogens (tertiary/aromatic N) is 3. The van der Waals surface area contributed by atoms with Gasteiger partial charge < -0.3 is 4.98 Å². The van der Waals surface area contributed by atoms with E-state index < -0.39 is 0 Å². The summed E-state index contributed by atoms with van der Waals surface area (Å²) in [6.45, 7) is 3.81. The van der Waals surface area contributed by atoms with Crippen LogP contribution in [-0.4, -0.2) is 14.8 Å². The zero-order valence-corrected chi connectivity index (χ0v) is 12.1. The number of benzene rings is 1. The predicted octanol–water partition coefficient (Wildman–Crippen LogP) is 2.42. The molecule has 0 fully saturated rings. The van der Waals surface area contributed by atoms with E-state index in [1.807, 2.05) is 49.0 Å². The first-order chi connectivity index (χ1) is 10.0. The highest BCUT2D eigenvalue weighted by atomic mass is 16.1. The molecule has 0 radical (unpaired) electrons. The Morgan fingerprint density at radius 1 is 1.29 bits per heavy atom. The smallest absolute Gasteiger partial charge is 0.266 e. The SMILES string of the molecule is Cc1cc(-c2ccc3c(C)n(C)nc3c2)c(C#N)c(=O)[nH]1. The first-order valence-corrected chi connectivity index (χ1v) is 6.59. The van der Waals surface area contributed by atoms with Crippen molar-refractivity contribution in [2.75, 3.05) is 0 Å². The molecule has 1 aromatic carbocycles. The second-order valence-corrected chi connectivity index (χ2v) is 5.12. The Balaban J connectivity index is 2.31. The fourth-order valence-electron chi connectivity index (χ4n) is 2.53. The number of H-pyrrole nitrogens is 1. The van der Waals surface area contributed by atoms with Gasteiger partial charge in [-0.2, -0.15) is 10.4 Å². The molecule has 3 rings (SSSR count). The summed E-state index contributed by atoms with van der Waals surface area (Å²) in [6.07, 6.45) is 0. The van der Waals surface area contributed by atoms with E-state index in [2.05, 4.69) is 10.1 Å². The minimum atomic E-state index is -0.357. The van der Waals surface area contributed by atoms with Crippen LogP contribution in [0.15, 0.2) is 29.1 Å². The summed E-state index contributed by atoms with van der Waals surface area (Å²) in [7, 11) is 1.90. The summed E-state index contributed by atoms with van der Waals surface area (Å²) in [5.74, 6) is 0. The van der Waals surface area contributed by atoms with Crippen molar-refractivity contribution in [2.45, 2.75) is 13.8 Å². The largest absolute Gasteiger partial charge is 0.325 e. The van der Waals surface area contributed by atoms with Crippen LogP contribution < -0.4 is 5.56 Å². The maximum atomic E-state index is 11.9. The van der Waals surface area contributed by atoms with Crippen molar-refractivity contribution in [1.82, 2.24) is 14.8 Å². The Morgan fingerprint density at radius 3 is 2.76 bits per heavy atom. The maximum absolute atomic E-state index is 11.9. The van der Waals surface area contributed by atoms with E-state index in [0.29, 0.717) is 5.56 Å². The number of aromatic amines is 1. The van der Waals surface area contributed by atoms with Gasteiger partial charge in [-0.3, -0.25) is 9.48 Å². The lowest BCUT2D eigenvalue weighted by Gasteiger charge is -2.05. The first kappa shape index (κ1) is 13.1. The summed E-state index contributed by atoms with van der Waals surface area (Å²) in [4.78, 5) is 14.5. The molecule has 2 aromatic heterocycles. The standard InChI is InChI=1S/C16H14N4O/c1-9-6-13(14(8-17)16(21)18-9)11-4-5-12-10(2)20(3)19-15(12)7-11/h4-7H,1-3H3,(H,18,21). The molecule has 5 nitrogen and oxygen atoms in total. The zero-order valence-electron chi connectivity index (χ0n) is 12.1. The first-order valence-electron chi connectivity index (χ1n) is 6.59. The molecule has 0 aliphatic heterocycles. The number of nitriles is 1. The van der Waals surface area contributed by atoms with Crippen molar-refractivity contribution in [3.8, 4) is 17.2 Å². The van der Waals surface area contributed by atoms with Crippen molar-refractivity contribution < 1.29 is 0 Å². The van der Waals surface area contributed by atoms with Crippen molar-refractivity contribution >= 4 is 10.9 Å². The zero-order chi connectivity index (χ0) is 15.1. The minimum absolute atomic E-state index is 0.132. The quantitative estimate of drug-likeness (QED) is 0.742. The summed E-state index contributed by atoms with van der Waals surface area (Å²) in [5, 5.41) is 14.7. The van der Waals surface area contributed by atoms with E-state index in [1.54, 1.807) is 6.92 Å². The number of fused-ring (bicyclic) bond motifs is 1. The Kier molecular flexibility index (Phi) is 2.88. The van der Waals surface area contributed by atoms with Gasteiger partial charge in [0.2, 0.25) is 0 Å². The van der Waals surface area contributed by atoms with Crippen LogP contribution in [0, 0.1) is 25.2 Å². The number of aromatic nitrogens is 3. The fourth-order valence-corrected chi connectivity index (χ4v) is 2.53. The van der Waals surface area contributed by atoms with Crippen LogP contribution in [0.25, 0.3) is 22.0 Å². The molecular formula is C16H14N4O. The number of pyridine rings is 1. The third-order valence-corrected chi connectivity index (χ3v) is 3.72. The van der Waals surface area contributed by atoms with E-state index >= 15 is 0 Å². The van der Waals surface area contributed by atoms with Crippen LogP contribution in [0.2, 0.25) is 0 Å². The van der Waals surface area contributed by atoms with Gasteiger partial charge in [0.1, 0.15) is 11.6 Å². The van der Waals surface area contributed by atoms with Crippen LogP contribution in [0.4, 0.5) is 0 Å². The lowest BCUT2D eigenvalue weighted by molar-refractivity contribution is 0.751. The highest BCUT2D eigenvalue weighted by Crippen LogP contribution is 2.27. The van der Waals surface area contributed by atoms with Gasteiger partial charge in [0, 0.05) is 29.4 Å². The van der Waals surface area contributed by atoms with Crippen molar-refractivity contribution in [3.05, 3.63) is 51.6 Å². The molecule has 21 heavy (non-hydrogen) atoms. The molecule has 0 saturated heterocycles. The lowest BCUT2D eigenvalue weighted by Crippen LogP contribution is -2.12. The maximum Gasteiger partial charge on any atom is 0.266 e. The second kappa shape index (κ2) is 4.60. The highest BCUT2D eigenvalue weighted by Gasteiger charge is 2.12. The summed E-state index contributed by atoms with van der Waals surface area (Å²) in [5.41, 5.74) is 3.91. The Labute approximate surface area is 121 Å². The van der Waals surface area contributed by atoms with E-state index in [9.17, 15) is 10.1 Å². The molecule has 0 unspecified atom stereocenters. The number of hydrogen-bond acceptors (Lipinski definition) is 3. The molecule has 0 saturated carbocycles. The van der Waals surface area contributed by atoms with Crippen LogP contribution in [0.1, 0.15) is 17.0 Å². The Morgan fingerprint density at radius 2 is 2.05 bits per heavy atom. The lowest BCUT2D eigenvalue weighted by atomic mass is 10.00. The van der Waals surface area contributed by atoms with Gasteiger partial charge in [-0.25, -0.2) is 0 Å². The molecule has 0 spiro atoms. The average molecular weight is 278 g/mol. The molecule has 0 aliphatic rings. The van der Waals surface area contributed by atoms with E-state index in [-0.39, 0.29) is 11.1 Å². The predicted molar refractivity (Wildman–Crippen MR) is 81.0 cm³/mol. The minimum Gasteiger partial charge on any atom is -0.325 e. The van der Waals surface area contributed by atoms with Crippen molar-refractivity contribution in [2.24, 2.45) is 7.05 Å². The van der Waals surface area contributed by atoms with Crippen molar-refractivity contribution in [1.29, 1.82) is 5.26 Å². The molecule has 104 valence electrons. The molecule has 1 N–H and O–H groups in total. The average Bonchev–Trinajstić information content (AvgIpc) is 2.73. The molecule has 2 heterocycles. The molecule has 0 aliphatic carbocycles. The monoisotopic (exact) mass is 278 g/mol. The van der Waals surface area contributed by atoms with E-state index in [1.165, 1.54) is 0 Å². The van der Waals surface area contributed by atoms with Gasteiger partial charge in [-0.15, -0.1) is 0 Å². The van der Waals surface area contributed by atoms with Crippen LogP contribution in [0.5, 0.6) is 0 Å². The summed E-state index contributed by atoms with van der Waals surface area (Å²) in [6, 6.07) is 9.61. The second-order valence-electron chi connectivity index (χ2n) is 5.12. The van der Waals surface area contributed by atoms with Gasteiger partial charge in [-0.05, 0) is 31.5 Å². The van der Waals surface area contributed by atoms with Crippen LogP contribution in [-0.2, 0) is 7.05 Å². The van der Waals surface area contributed by atoms with Gasteiger partial charge in [0.25, 0.3) is 5.56 Å². The normalized spacial score (nSPS) is 10.8. The third-order valence-electron chi connectivity index (χ3n) is 3.72. The van der Waals surface area contributed by atoms with Gasteiger partial charge in [0.05, 0.1) is 5.52 Å². The van der Waals surface area contributed by atoms with Gasteiger partial charge >= 0.3 is 0 Å². The number of nitrogens with one attached hydrogen (secondary N) is 1. The number of aryl methyl sites for hydroxylation is 3. The van der Waals surface area contributed by atoms with E-state index in [0.717, 1.165) is 27.9 Å². The molecule has 3 aromatic rings. The molecule has 0 atom stereocenters.